The number of para-hydroxylation sites is 1. The van der Waals surface area contributed by atoms with Gasteiger partial charge in [0, 0.05) is 12.1 Å². The van der Waals surface area contributed by atoms with Crippen molar-refractivity contribution < 1.29 is 9.53 Å². The number of halogens is 1. The quantitative estimate of drug-likeness (QED) is 0.613. The van der Waals surface area contributed by atoms with Gasteiger partial charge in [-0.05, 0) is 43.7 Å². The van der Waals surface area contributed by atoms with Gasteiger partial charge in [-0.1, -0.05) is 55.3 Å². The zero-order valence-electron chi connectivity index (χ0n) is 16.6. The fraction of sp³-hybridized carbons (Fsp3) is 0.571. The molecule has 1 N–H and O–H groups in total. The molecule has 6 nitrogen and oxygen atoms in total. The van der Waals surface area contributed by atoms with E-state index < -0.39 is 0 Å². The second-order valence-electron chi connectivity index (χ2n) is 7.94. The Morgan fingerprint density at radius 2 is 2.03 bits per heavy atom. The molecule has 1 aromatic carbocycles. The van der Waals surface area contributed by atoms with Crippen LogP contribution in [0, 0.1) is 5.92 Å². The van der Waals surface area contributed by atoms with Gasteiger partial charge in [0.1, 0.15) is 12.4 Å². The van der Waals surface area contributed by atoms with Crippen molar-refractivity contribution in [2.45, 2.75) is 69.3 Å². The van der Waals surface area contributed by atoms with Gasteiger partial charge >= 0.3 is 0 Å². The molecule has 2 aliphatic rings. The Bertz CT molecular complexity index is 855. The molecule has 1 heterocycles. The fourth-order valence-electron chi connectivity index (χ4n) is 3.82. The van der Waals surface area contributed by atoms with Crippen molar-refractivity contribution in [2.24, 2.45) is 5.92 Å². The summed E-state index contributed by atoms with van der Waals surface area (Å²) in [4.78, 5) is 12.5. The molecule has 0 bridgehead atoms. The first-order chi connectivity index (χ1) is 14.1. The highest BCUT2D eigenvalue weighted by Gasteiger charge is 2.30. The maximum Gasteiger partial charge on any atom is 0.230 e. The summed E-state index contributed by atoms with van der Waals surface area (Å²) in [5.41, 5.74) is 0. The van der Waals surface area contributed by atoms with Crippen molar-refractivity contribution in [2.75, 3.05) is 5.75 Å². The van der Waals surface area contributed by atoms with E-state index in [0.717, 1.165) is 30.2 Å². The number of carbonyl (C=O) groups is 1. The number of aromatic nitrogens is 3. The first-order valence-electron chi connectivity index (χ1n) is 10.3. The van der Waals surface area contributed by atoms with Crippen LogP contribution in [0.5, 0.6) is 5.75 Å². The molecule has 1 amide bonds. The molecule has 0 aliphatic heterocycles. The number of ether oxygens (including phenoxy) is 1. The lowest BCUT2D eigenvalue weighted by Gasteiger charge is -2.29. The van der Waals surface area contributed by atoms with E-state index in [9.17, 15) is 4.79 Å². The van der Waals surface area contributed by atoms with Gasteiger partial charge in [0.05, 0.1) is 10.8 Å². The van der Waals surface area contributed by atoms with Crippen LogP contribution in [0.4, 0.5) is 0 Å². The predicted molar refractivity (Wildman–Crippen MR) is 114 cm³/mol. The molecule has 0 saturated heterocycles. The number of benzene rings is 1. The molecule has 0 spiro atoms. The van der Waals surface area contributed by atoms with Crippen LogP contribution in [-0.2, 0) is 11.4 Å². The van der Waals surface area contributed by atoms with Crippen molar-refractivity contribution in [1.29, 1.82) is 0 Å². The van der Waals surface area contributed by atoms with Crippen molar-refractivity contribution in [1.82, 2.24) is 20.1 Å². The van der Waals surface area contributed by atoms with E-state index >= 15 is 0 Å². The van der Waals surface area contributed by atoms with Crippen LogP contribution in [-0.4, -0.2) is 32.5 Å². The molecule has 2 unspecified atom stereocenters. The second kappa shape index (κ2) is 9.39. The maximum absolute atomic E-state index is 12.5. The standard InChI is InChI=1S/C21H27ClN4O2S/c1-14-6-2-4-8-17(14)23-20(27)13-29-21-25-24-19(26(21)15-10-11-15)12-28-18-9-5-3-7-16(18)22/h3,5,7,9,14-15,17H,2,4,6,8,10-13H2,1H3,(H,23,27). The van der Waals surface area contributed by atoms with Gasteiger partial charge in [-0.15, -0.1) is 10.2 Å². The first kappa shape index (κ1) is 20.5. The second-order valence-corrected chi connectivity index (χ2v) is 9.29. The van der Waals surface area contributed by atoms with Crippen molar-refractivity contribution in [3.8, 4) is 5.75 Å². The molecule has 8 heteroatoms. The van der Waals surface area contributed by atoms with Gasteiger partial charge < -0.3 is 10.1 Å². The van der Waals surface area contributed by atoms with Crippen LogP contribution >= 0.6 is 23.4 Å². The lowest BCUT2D eigenvalue weighted by atomic mass is 9.86. The highest BCUT2D eigenvalue weighted by Crippen LogP contribution is 2.39. The third-order valence-electron chi connectivity index (χ3n) is 5.63. The first-order valence-corrected chi connectivity index (χ1v) is 11.7. The summed E-state index contributed by atoms with van der Waals surface area (Å²) in [6.07, 6.45) is 6.97. The zero-order valence-corrected chi connectivity index (χ0v) is 18.2. The van der Waals surface area contributed by atoms with Gasteiger partial charge in [-0.3, -0.25) is 9.36 Å². The molecule has 1 aromatic heterocycles. The predicted octanol–water partition coefficient (Wildman–Crippen LogP) is 4.63. The van der Waals surface area contributed by atoms with E-state index in [4.69, 9.17) is 16.3 Å². The normalized spacial score (nSPS) is 21.7. The van der Waals surface area contributed by atoms with Crippen LogP contribution in [0.3, 0.4) is 0 Å². The summed E-state index contributed by atoms with van der Waals surface area (Å²) in [6.45, 7) is 2.53. The zero-order chi connectivity index (χ0) is 20.2. The molecule has 2 fully saturated rings. The Balaban J connectivity index is 1.35. The van der Waals surface area contributed by atoms with Crippen LogP contribution in [0.15, 0.2) is 29.4 Å². The van der Waals surface area contributed by atoms with Gasteiger partial charge in [0.25, 0.3) is 0 Å². The van der Waals surface area contributed by atoms with Gasteiger partial charge in [-0.2, -0.15) is 0 Å². The third kappa shape index (κ3) is 5.25. The summed E-state index contributed by atoms with van der Waals surface area (Å²) in [5.74, 6) is 2.40. The summed E-state index contributed by atoms with van der Waals surface area (Å²) in [6, 6.07) is 8.11. The van der Waals surface area contributed by atoms with Gasteiger partial charge in [0.15, 0.2) is 11.0 Å². The van der Waals surface area contributed by atoms with E-state index in [-0.39, 0.29) is 5.91 Å². The minimum absolute atomic E-state index is 0.0768. The number of hydrogen-bond acceptors (Lipinski definition) is 5. The highest BCUT2D eigenvalue weighted by atomic mass is 35.5. The summed E-state index contributed by atoms with van der Waals surface area (Å²) >= 11 is 7.62. The van der Waals surface area contributed by atoms with Crippen LogP contribution in [0.2, 0.25) is 5.02 Å². The maximum atomic E-state index is 12.5. The summed E-state index contributed by atoms with van der Waals surface area (Å²) < 4.78 is 7.97. The van der Waals surface area contributed by atoms with E-state index in [1.165, 1.54) is 31.0 Å². The monoisotopic (exact) mass is 434 g/mol. The third-order valence-corrected chi connectivity index (χ3v) is 6.89. The topological polar surface area (TPSA) is 69.0 Å². The minimum Gasteiger partial charge on any atom is -0.484 e. The highest BCUT2D eigenvalue weighted by molar-refractivity contribution is 7.99. The minimum atomic E-state index is 0.0768. The Kier molecular flexibility index (Phi) is 6.65. The molecule has 29 heavy (non-hydrogen) atoms. The molecule has 2 saturated carbocycles. The molecule has 156 valence electrons. The summed E-state index contributed by atoms with van der Waals surface area (Å²) in [7, 11) is 0. The van der Waals surface area contributed by atoms with E-state index in [0.29, 0.717) is 41.1 Å². The Hall–Kier alpha value is -1.73. The number of nitrogens with one attached hydrogen (secondary N) is 1. The van der Waals surface area contributed by atoms with Crippen molar-refractivity contribution in [3.05, 3.63) is 35.1 Å². The average Bonchev–Trinajstić information content (AvgIpc) is 3.47. The molecular weight excluding hydrogens is 408 g/mol. The number of hydrogen-bond donors (Lipinski definition) is 1. The number of rotatable bonds is 8. The van der Waals surface area contributed by atoms with Crippen LogP contribution in [0.25, 0.3) is 0 Å². The molecule has 2 aromatic rings. The van der Waals surface area contributed by atoms with E-state index in [1.807, 2.05) is 18.2 Å². The van der Waals surface area contributed by atoms with Crippen molar-refractivity contribution in [3.63, 3.8) is 0 Å². The van der Waals surface area contributed by atoms with E-state index in [2.05, 4.69) is 27.0 Å². The molecule has 2 aliphatic carbocycles. The lowest BCUT2D eigenvalue weighted by molar-refractivity contribution is -0.119. The number of nitrogens with zero attached hydrogens (tertiary/aromatic N) is 3. The Morgan fingerprint density at radius 1 is 1.24 bits per heavy atom. The molecule has 0 radical (unpaired) electrons. The fourth-order valence-corrected chi connectivity index (χ4v) is 4.84. The molecule has 2 atom stereocenters. The summed E-state index contributed by atoms with van der Waals surface area (Å²) in [5, 5.41) is 13.2. The number of thioether (sulfide) groups is 1. The van der Waals surface area contributed by atoms with Gasteiger partial charge in [-0.25, -0.2) is 0 Å². The number of carbonyl (C=O) groups excluding carboxylic acids is 1. The number of amides is 1. The Morgan fingerprint density at radius 3 is 2.79 bits per heavy atom. The molecular formula is C21H27ClN4O2S. The largest absolute Gasteiger partial charge is 0.484 e. The SMILES string of the molecule is CC1CCCCC1NC(=O)CSc1nnc(COc2ccccc2Cl)n1C1CC1. The Labute approximate surface area is 180 Å². The smallest absolute Gasteiger partial charge is 0.230 e. The van der Waals surface area contributed by atoms with Crippen LogP contribution in [0.1, 0.15) is 57.3 Å². The van der Waals surface area contributed by atoms with Crippen molar-refractivity contribution >= 4 is 29.3 Å². The van der Waals surface area contributed by atoms with Gasteiger partial charge in [0.2, 0.25) is 5.91 Å². The average molecular weight is 435 g/mol. The van der Waals surface area contributed by atoms with Crippen LogP contribution < -0.4 is 10.1 Å². The molecule has 4 rings (SSSR count). The van der Waals surface area contributed by atoms with E-state index in [1.54, 1.807) is 6.07 Å². The lowest BCUT2D eigenvalue weighted by Crippen LogP contribution is -2.41.